The van der Waals surface area contributed by atoms with E-state index in [9.17, 15) is 9.59 Å². The minimum absolute atomic E-state index is 0.326. The molecule has 0 fully saturated rings. The number of nitrogens with one attached hydrogen (secondary N) is 1. The molecule has 1 aromatic heterocycles. The van der Waals surface area contributed by atoms with E-state index in [4.69, 9.17) is 5.11 Å². The van der Waals surface area contributed by atoms with Gasteiger partial charge < -0.3 is 10.4 Å². The van der Waals surface area contributed by atoms with Gasteiger partial charge in [0.2, 0.25) is 0 Å². The lowest BCUT2D eigenvalue weighted by molar-refractivity contribution is -0.135. The van der Waals surface area contributed by atoms with Gasteiger partial charge in [0.1, 0.15) is 6.54 Å². The van der Waals surface area contributed by atoms with Crippen LogP contribution in [0.1, 0.15) is 4.88 Å². The Morgan fingerprint density at radius 1 is 1.30 bits per heavy atom. The molecule has 0 radical (unpaired) electrons. The van der Waals surface area contributed by atoms with Crippen molar-refractivity contribution >= 4 is 29.0 Å². The van der Waals surface area contributed by atoms with Crippen LogP contribution in [0.5, 0.6) is 0 Å². The van der Waals surface area contributed by atoms with E-state index in [1.165, 1.54) is 16.2 Å². The number of nitrogens with zero attached hydrogens (tertiary/aromatic N) is 2. The summed E-state index contributed by atoms with van der Waals surface area (Å²) in [4.78, 5) is 29.0. The molecule has 0 atom stereocenters. The largest absolute Gasteiger partial charge is 0.480 e. The van der Waals surface area contributed by atoms with Gasteiger partial charge in [0, 0.05) is 16.8 Å². The molecule has 2 rings (SSSR count). The number of urea groups is 1. The Labute approximate surface area is 119 Å². The number of carboxylic acids is 1. The smallest absolute Gasteiger partial charge is 0.323 e. The molecule has 20 heavy (non-hydrogen) atoms. The van der Waals surface area contributed by atoms with Crippen LogP contribution in [-0.4, -0.2) is 28.6 Å². The predicted octanol–water partition coefficient (Wildman–Crippen LogP) is 1.94. The third-order valence-electron chi connectivity index (χ3n) is 2.50. The van der Waals surface area contributed by atoms with Crippen molar-refractivity contribution in [3.63, 3.8) is 0 Å². The van der Waals surface area contributed by atoms with Crippen molar-refractivity contribution in [1.82, 2.24) is 10.3 Å². The number of anilines is 1. The Hall–Kier alpha value is -2.41. The van der Waals surface area contributed by atoms with Crippen molar-refractivity contribution in [2.75, 3.05) is 11.4 Å². The van der Waals surface area contributed by atoms with E-state index in [0.717, 1.165) is 4.88 Å². The zero-order chi connectivity index (χ0) is 14.4. The van der Waals surface area contributed by atoms with E-state index < -0.39 is 18.5 Å². The third-order valence-corrected chi connectivity index (χ3v) is 3.28. The van der Waals surface area contributed by atoms with Crippen LogP contribution in [0, 0.1) is 0 Å². The monoisotopic (exact) mass is 291 g/mol. The molecule has 0 aliphatic carbocycles. The van der Waals surface area contributed by atoms with E-state index in [1.807, 2.05) is 0 Å². The fraction of sp³-hybridized carbons (Fsp3) is 0.154. The van der Waals surface area contributed by atoms with Crippen molar-refractivity contribution in [3.05, 3.63) is 46.9 Å². The average molecular weight is 291 g/mol. The molecular weight excluding hydrogens is 278 g/mol. The van der Waals surface area contributed by atoms with Gasteiger partial charge in [-0.1, -0.05) is 18.2 Å². The number of aliphatic carboxylic acids is 1. The fourth-order valence-electron chi connectivity index (χ4n) is 1.61. The zero-order valence-electron chi connectivity index (χ0n) is 10.5. The van der Waals surface area contributed by atoms with E-state index in [0.29, 0.717) is 12.2 Å². The Morgan fingerprint density at radius 3 is 2.65 bits per heavy atom. The first-order valence-electron chi connectivity index (χ1n) is 5.86. The second-order valence-electron chi connectivity index (χ2n) is 3.94. The number of para-hydroxylation sites is 1. The molecule has 0 saturated heterocycles. The Balaban J connectivity index is 2.06. The lowest BCUT2D eigenvalue weighted by atomic mass is 10.3. The molecule has 7 heteroatoms. The summed E-state index contributed by atoms with van der Waals surface area (Å²) in [5.41, 5.74) is 2.21. The summed E-state index contributed by atoms with van der Waals surface area (Å²) < 4.78 is 0. The lowest BCUT2D eigenvalue weighted by Crippen LogP contribution is -2.42. The zero-order valence-corrected chi connectivity index (χ0v) is 11.3. The highest BCUT2D eigenvalue weighted by molar-refractivity contribution is 7.09. The number of amides is 2. The van der Waals surface area contributed by atoms with Gasteiger partial charge in [0.15, 0.2) is 0 Å². The number of hydrogen-bond acceptors (Lipinski definition) is 4. The predicted molar refractivity (Wildman–Crippen MR) is 75.8 cm³/mol. The summed E-state index contributed by atoms with van der Waals surface area (Å²) in [7, 11) is 0. The molecule has 0 unspecified atom stereocenters. The summed E-state index contributed by atoms with van der Waals surface area (Å²) >= 11 is 1.43. The number of hydrogen-bond donors (Lipinski definition) is 2. The van der Waals surface area contributed by atoms with E-state index in [-0.39, 0.29) is 0 Å². The van der Waals surface area contributed by atoms with Crippen LogP contribution in [0.15, 0.2) is 42.0 Å². The highest BCUT2D eigenvalue weighted by Crippen LogP contribution is 2.13. The van der Waals surface area contributed by atoms with Crippen molar-refractivity contribution in [3.8, 4) is 0 Å². The number of carbonyl (C=O) groups is 2. The molecule has 6 nitrogen and oxygen atoms in total. The summed E-state index contributed by atoms with van der Waals surface area (Å²) in [6, 6.07) is 8.23. The SMILES string of the molecule is O=C(O)CN(C(=O)NCc1cncs1)c1ccccc1. The van der Waals surface area contributed by atoms with Gasteiger partial charge in [0.05, 0.1) is 12.1 Å². The van der Waals surface area contributed by atoms with Gasteiger partial charge in [-0.05, 0) is 12.1 Å². The number of carbonyl (C=O) groups excluding carboxylic acids is 1. The highest BCUT2D eigenvalue weighted by Gasteiger charge is 2.18. The Kier molecular flexibility index (Phi) is 4.67. The molecule has 104 valence electrons. The molecule has 0 aliphatic heterocycles. The number of rotatable bonds is 5. The van der Waals surface area contributed by atoms with Crippen LogP contribution in [0.3, 0.4) is 0 Å². The van der Waals surface area contributed by atoms with Gasteiger partial charge in [-0.25, -0.2) is 4.79 Å². The van der Waals surface area contributed by atoms with Crippen molar-refractivity contribution in [2.24, 2.45) is 0 Å². The molecule has 1 heterocycles. The molecule has 0 saturated carbocycles. The minimum atomic E-state index is -1.07. The molecule has 0 aliphatic rings. The van der Waals surface area contributed by atoms with Crippen LogP contribution < -0.4 is 10.2 Å². The van der Waals surface area contributed by atoms with Gasteiger partial charge in [-0.15, -0.1) is 11.3 Å². The minimum Gasteiger partial charge on any atom is -0.480 e. The molecule has 2 N–H and O–H groups in total. The summed E-state index contributed by atoms with van der Waals surface area (Å²) in [6.45, 7) is -0.0645. The molecule has 0 spiro atoms. The van der Waals surface area contributed by atoms with Gasteiger partial charge >= 0.3 is 12.0 Å². The lowest BCUT2D eigenvalue weighted by Gasteiger charge is -2.21. The first-order valence-corrected chi connectivity index (χ1v) is 6.74. The number of carboxylic acid groups (broad SMARTS) is 1. The quantitative estimate of drug-likeness (QED) is 0.882. The molecule has 2 amide bonds. The maximum Gasteiger partial charge on any atom is 0.323 e. The van der Waals surface area contributed by atoms with Gasteiger partial charge in [-0.3, -0.25) is 14.7 Å². The maximum atomic E-state index is 12.1. The standard InChI is InChI=1S/C13H13N3O3S/c17-12(18)8-16(10-4-2-1-3-5-10)13(19)15-7-11-6-14-9-20-11/h1-6,9H,7-8H2,(H,15,19)(H,17,18). The normalized spacial score (nSPS) is 10.0. The first-order chi connectivity index (χ1) is 9.66. The molecule has 0 bridgehead atoms. The second-order valence-corrected chi connectivity index (χ2v) is 4.91. The second kappa shape index (κ2) is 6.67. The van der Waals surface area contributed by atoms with Crippen molar-refractivity contribution < 1.29 is 14.7 Å². The highest BCUT2D eigenvalue weighted by atomic mass is 32.1. The van der Waals surface area contributed by atoms with E-state index in [1.54, 1.807) is 42.0 Å². The average Bonchev–Trinajstić information content (AvgIpc) is 2.96. The van der Waals surface area contributed by atoms with Crippen molar-refractivity contribution in [1.29, 1.82) is 0 Å². The van der Waals surface area contributed by atoms with Crippen LogP contribution >= 0.6 is 11.3 Å². The fourth-order valence-corrected chi connectivity index (χ4v) is 2.15. The number of benzene rings is 1. The first kappa shape index (κ1) is 14.0. The van der Waals surface area contributed by atoms with Gasteiger partial charge in [-0.2, -0.15) is 0 Å². The van der Waals surface area contributed by atoms with Gasteiger partial charge in [0.25, 0.3) is 0 Å². The Morgan fingerprint density at radius 2 is 2.05 bits per heavy atom. The summed E-state index contributed by atoms with van der Waals surface area (Å²) in [6.07, 6.45) is 1.66. The van der Waals surface area contributed by atoms with Crippen LogP contribution in [-0.2, 0) is 11.3 Å². The molecule has 2 aromatic rings. The number of aromatic nitrogens is 1. The number of thiazole rings is 1. The van der Waals surface area contributed by atoms with Crippen LogP contribution in [0.4, 0.5) is 10.5 Å². The summed E-state index contributed by atoms with van der Waals surface area (Å²) in [5, 5.41) is 11.6. The topological polar surface area (TPSA) is 82.5 Å². The maximum absolute atomic E-state index is 12.1. The molecule has 1 aromatic carbocycles. The van der Waals surface area contributed by atoms with E-state index in [2.05, 4.69) is 10.3 Å². The molecular formula is C13H13N3O3S. The van der Waals surface area contributed by atoms with Crippen LogP contribution in [0.2, 0.25) is 0 Å². The summed E-state index contributed by atoms with van der Waals surface area (Å²) in [5.74, 6) is -1.07. The van der Waals surface area contributed by atoms with Crippen LogP contribution in [0.25, 0.3) is 0 Å². The van der Waals surface area contributed by atoms with E-state index >= 15 is 0 Å². The Bertz CT molecular complexity index is 572. The van der Waals surface area contributed by atoms with Crippen molar-refractivity contribution in [2.45, 2.75) is 6.54 Å². The third kappa shape index (κ3) is 3.79.